The van der Waals surface area contributed by atoms with Gasteiger partial charge >= 0.3 is 0 Å². The number of carbonyl (C=O) groups is 1. The molecule has 25 heavy (non-hydrogen) atoms. The summed E-state index contributed by atoms with van der Waals surface area (Å²) in [5.41, 5.74) is 3.94. The summed E-state index contributed by atoms with van der Waals surface area (Å²) >= 11 is 0. The molecule has 0 saturated carbocycles. The van der Waals surface area contributed by atoms with Crippen molar-refractivity contribution >= 4 is 5.97 Å². The number of nitrogens with zero attached hydrogens (tertiary/aromatic N) is 1. The number of carboxylic acid groups (broad SMARTS) is 1. The minimum atomic E-state index is -0.925. The fraction of sp³-hybridized carbons (Fsp3) is 0.455. The molecule has 1 heterocycles. The van der Waals surface area contributed by atoms with E-state index >= 15 is 0 Å². The number of benzene rings is 1. The number of rotatable bonds is 11. The molecule has 0 radical (unpaired) electrons. The molecule has 0 bridgehead atoms. The Hall–Kier alpha value is -2.16. The van der Waals surface area contributed by atoms with Crippen molar-refractivity contribution < 1.29 is 14.5 Å². The van der Waals surface area contributed by atoms with E-state index in [9.17, 15) is 9.90 Å². The highest BCUT2D eigenvalue weighted by Gasteiger charge is 2.13. The fourth-order valence-corrected chi connectivity index (χ4v) is 3.23. The maximum atomic E-state index is 10.3. The number of pyridine rings is 1. The Balaban J connectivity index is 1.70. The zero-order valence-corrected chi connectivity index (χ0v) is 15.2. The number of carbonyl (C=O) groups excluding carboxylic acids is 1. The molecule has 1 aromatic heterocycles. The van der Waals surface area contributed by atoms with Crippen molar-refractivity contribution in [1.82, 2.24) is 0 Å². The van der Waals surface area contributed by atoms with Crippen LogP contribution in [0.25, 0.3) is 5.69 Å². The van der Waals surface area contributed by atoms with Gasteiger partial charge in [-0.1, -0.05) is 50.3 Å². The van der Waals surface area contributed by atoms with Gasteiger partial charge in [0.15, 0.2) is 11.9 Å². The number of aliphatic carboxylic acids is 1. The molecular formula is C22H29NO2. The topological polar surface area (TPSA) is 44.0 Å². The summed E-state index contributed by atoms with van der Waals surface area (Å²) in [6, 6.07) is 14.8. The molecule has 0 aliphatic heterocycles. The first-order valence-electron chi connectivity index (χ1n) is 9.44. The molecule has 0 saturated heterocycles. The van der Waals surface area contributed by atoms with Crippen LogP contribution in [0.2, 0.25) is 0 Å². The van der Waals surface area contributed by atoms with Gasteiger partial charge in [0.25, 0.3) is 0 Å². The molecule has 2 aromatic rings. The van der Waals surface area contributed by atoms with Crippen LogP contribution in [0, 0.1) is 6.92 Å². The van der Waals surface area contributed by atoms with Crippen LogP contribution in [0.15, 0.2) is 48.7 Å². The van der Waals surface area contributed by atoms with Crippen molar-refractivity contribution in [3.63, 3.8) is 0 Å². The maximum Gasteiger partial charge on any atom is 0.210 e. The first-order valence-corrected chi connectivity index (χ1v) is 9.44. The highest BCUT2D eigenvalue weighted by atomic mass is 16.4. The molecule has 3 nitrogen and oxygen atoms in total. The van der Waals surface area contributed by atoms with E-state index in [0.29, 0.717) is 0 Å². The first-order chi connectivity index (χ1) is 12.2. The Bertz CT molecular complexity index is 652. The van der Waals surface area contributed by atoms with E-state index in [1.807, 2.05) is 6.07 Å². The number of carboxylic acids is 1. The second kappa shape index (κ2) is 10.7. The average molecular weight is 339 g/mol. The summed E-state index contributed by atoms with van der Waals surface area (Å²) in [5.74, 6) is -0.925. The summed E-state index contributed by atoms with van der Waals surface area (Å²) in [5, 5.41) is 10.3. The third kappa shape index (κ3) is 6.69. The molecule has 1 aromatic carbocycles. The Morgan fingerprint density at radius 3 is 2.20 bits per heavy atom. The van der Waals surface area contributed by atoms with E-state index in [4.69, 9.17) is 0 Å². The maximum absolute atomic E-state index is 10.3. The number of unbranched alkanes of at least 4 members (excludes halogenated alkanes) is 6. The molecule has 0 N–H and O–H groups in total. The fourth-order valence-electron chi connectivity index (χ4n) is 3.23. The number of aromatic nitrogens is 1. The van der Waals surface area contributed by atoms with Crippen LogP contribution in [0.1, 0.15) is 62.6 Å². The van der Waals surface area contributed by atoms with Gasteiger partial charge in [-0.25, -0.2) is 0 Å². The molecule has 0 unspecified atom stereocenters. The normalized spacial score (nSPS) is 10.8. The van der Waals surface area contributed by atoms with Gasteiger partial charge in [0.1, 0.15) is 0 Å². The predicted molar refractivity (Wildman–Crippen MR) is 98.4 cm³/mol. The molecule has 134 valence electrons. The summed E-state index contributed by atoms with van der Waals surface area (Å²) in [6.45, 7) is 2.19. The summed E-state index contributed by atoms with van der Waals surface area (Å²) in [7, 11) is 0. The largest absolute Gasteiger partial charge is 0.550 e. The third-order valence-corrected chi connectivity index (χ3v) is 4.72. The van der Waals surface area contributed by atoms with Crippen molar-refractivity contribution in [1.29, 1.82) is 0 Å². The minimum Gasteiger partial charge on any atom is -0.550 e. The average Bonchev–Trinajstić information content (AvgIpc) is 2.62. The van der Waals surface area contributed by atoms with Crippen LogP contribution >= 0.6 is 0 Å². The summed E-state index contributed by atoms with van der Waals surface area (Å²) < 4.78 is 2.26. The van der Waals surface area contributed by atoms with E-state index in [0.717, 1.165) is 25.7 Å². The van der Waals surface area contributed by atoms with E-state index in [-0.39, 0.29) is 6.42 Å². The Labute approximate surface area is 151 Å². The van der Waals surface area contributed by atoms with Crippen molar-refractivity contribution in [3.8, 4) is 5.69 Å². The molecule has 0 atom stereocenters. The van der Waals surface area contributed by atoms with Gasteiger partial charge in [0.05, 0.1) is 0 Å². The summed E-state index contributed by atoms with van der Waals surface area (Å²) in [4.78, 5) is 10.3. The molecule has 3 heteroatoms. The lowest BCUT2D eigenvalue weighted by molar-refractivity contribution is -0.603. The number of hydrogen-bond donors (Lipinski definition) is 0. The van der Waals surface area contributed by atoms with E-state index in [1.54, 1.807) is 0 Å². The van der Waals surface area contributed by atoms with Crippen molar-refractivity contribution in [2.24, 2.45) is 0 Å². The van der Waals surface area contributed by atoms with Crippen LogP contribution in [-0.2, 0) is 11.2 Å². The van der Waals surface area contributed by atoms with Gasteiger partial charge in [-0.2, -0.15) is 4.57 Å². The molecule has 2 rings (SSSR count). The number of hydrogen-bond acceptors (Lipinski definition) is 2. The minimum absolute atomic E-state index is 0.203. The quantitative estimate of drug-likeness (QED) is 0.463. The standard InChI is InChI=1S/C22H29NO2/c1-19-20(13-8-5-3-2-4-6-11-17-22(24)25)14-12-18-23(19)21-15-9-7-10-16-21/h7,9-10,12,14-16,18H,2-6,8,11,13,17H2,1H3. The van der Waals surface area contributed by atoms with Crippen LogP contribution in [-0.4, -0.2) is 5.97 Å². The van der Waals surface area contributed by atoms with E-state index in [2.05, 4.69) is 54.1 Å². The molecular weight excluding hydrogens is 310 g/mol. The van der Waals surface area contributed by atoms with Crippen molar-refractivity contribution in [2.45, 2.75) is 64.7 Å². The molecule has 0 aliphatic carbocycles. The van der Waals surface area contributed by atoms with Crippen LogP contribution in [0.5, 0.6) is 0 Å². The van der Waals surface area contributed by atoms with Crippen molar-refractivity contribution in [2.75, 3.05) is 0 Å². The van der Waals surface area contributed by atoms with Gasteiger partial charge in [-0.05, 0) is 31.7 Å². The number of para-hydroxylation sites is 1. The molecule has 0 aliphatic rings. The van der Waals surface area contributed by atoms with Gasteiger partial charge in [-0.15, -0.1) is 0 Å². The first kappa shape index (κ1) is 19.2. The lowest BCUT2D eigenvalue weighted by Crippen LogP contribution is -2.34. The van der Waals surface area contributed by atoms with Crippen LogP contribution < -0.4 is 9.67 Å². The summed E-state index contributed by atoms with van der Waals surface area (Å²) in [6.07, 6.45) is 11.2. The molecule has 0 fully saturated rings. The predicted octanol–water partition coefficient (Wildman–Crippen LogP) is 3.68. The number of aryl methyl sites for hydroxylation is 1. The Morgan fingerprint density at radius 2 is 1.52 bits per heavy atom. The van der Waals surface area contributed by atoms with Crippen LogP contribution in [0.3, 0.4) is 0 Å². The van der Waals surface area contributed by atoms with Gasteiger partial charge in [0.2, 0.25) is 5.69 Å². The van der Waals surface area contributed by atoms with Crippen molar-refractivity contribution in [3.05, 3.63) is 59.9 Å². The third-order valence-electron chi connectivity index (χ3n) is 4.72. The zero-order valence-electron chi connectivity index (χ0n) is 15.2. The van der Waals surface area contributed by atoms with Gasteiger partial charge in [-0.3, -0.25) is 0 Å². The Morgan fingerprint density at radius 1 is 0.880 bits per heavy atom. The van der Waals surface area contributed by atoms with E-state index < -0.39 is 5.97 Å². The van der Waals surface area contributed by atoms with E-state index in [1.165, 1.54) is 42.6 Å². The second-order valence-corrected chi connectivity index (χ2v) is 6.67. The zero-order chi connectivity index (χ0) is 17.9. The molecule has 0 spiro atoms. The highest BCUT2D eigenvalue weighted by Crippen LogP contribution is 2.13. The SMILES string of the molecule is Cc1c(CCCCCCCCCC(=O)[O-])ccc[n+]1-c1ccccc1. The van der Waals surface area contributed by atoms with Crippen LogP contribution in [0.4, 0.5) is 0 Å². The smallest absolute Gasteiger partial charge is 0.210 e. The molecule has 0 amide bonds. The van der Waals surface area contributed by atoms with Gasteiger partial charge in [0, 0.05) is 36.7 Å². The highest BCUT2D eigenvalue weighted by molar-refractivity contribution is 5.64. The lowest BCUT2D eigenvalue weighted by Gasteiger charge is -2.06. The Kier molecular flexibility index (Phi) is 8.17. The lowest BCUT2D eigenvalue weighted by atomic mass is 10.0. The van der Waals surface area contributed by atoms with Gasteiger partial charge < -0.3 is 9.90 Å². The second-order valence-electron chi connectivity index (χ2n) is 6.67. The monoisotopic (exact) mass is 339 g/mol.